The van der Waals surface area contributed by atoms with Crippen molar-refractivity contribution in [1.29, 1.82) is 0 Å². The van der Waals surface area contributed by atoms with Gasteiger partial charge in [0.1, 0.15) is 5.75 Å². The molecule has 2 unspecified atom stereocenters. The van der Waals surface area contributed by atoms with Crippen molar-refractivity contribution < 1.29 is 9.53 Å². The third-order valence-electron chi connectivity index (χ3n) is 3.69. The van der Waals surface area contributed by atoms with Crippen LogP contribution < -0.4 is 15.8 Å². The van der Waals surface area contributed by atoms with Crippen molar-refractivity contribution >= 4 is 29.9 Å². The Morgan fingerprint density at radius 3 is 2.90 bits per heavy atom. The average Bonchev–Trinajstić information content (AvgIpc) is 2.85. The summed E-state index contributed by atoms with van der Waals surface area (Å²) in [7, 11) is 1.53. The first-order chi connectivity index (χ1) is 9.15. The fourth-order valence-corrected chi connectivity index (χ4v) is 2.77. The second kappa shape index (κ2) is 7.72. The number of hydrogen-bond acceptors (Lipinski definition) is 3. The van der Waals surface area contributed by atoms with Crippen LogP contribution in [0.3, 0.4) is 0 Å². The fraction of sp³-hybridized carbons (Fsp3) is 0.500. The van der Waals surface area contributed by atoms with Gasteiger partial charge in [-0.15, -0.1) is 12.4 Å². The van der Waals surface area contributed by atoms with E-state index in [1.54, 1.807) is 18.2 Å². The van der Waals surface area contributed by atoms with Crippen molar-refractivity contribution in [3.63, 3.8) is 0 Å². The zero-order valence-electron chi connectivity index (χ0n) is 11.4. The smallest absolute Gasteiger partial charge is 0.255 e. The highest BCUT2D eigenvalue weighted by atomic mass is 35.5. The number of methoxy groups -OCH3 is 1. The zero-order valence-corrected chi connectivity index (χ0v) is 13.0. The maximum atomic E-state index is 12.3. The van der Waals surface area contributed by atoms with Crippen LogP contribution in [0, 0.1) is 5.92 Å². The third-order valence-corrected chi connectivity index (χ3v) is 3.92. The second-order valence-electron chi connectivity index (χ2n) is 4.85. The maximum Gasteiger partial charge on any atom is 0.255 e. The van der Waals surface area contributed by atoms with Gasteiger partial charge >= 0.3 is 0 Å². The van der Waals surface area contributed by atoms with Crippen molar-refractivity contribution in [1.82, 2.24) is 5.32 Å². The van der Waals surface area contributed by atoms with E-state index in [4.69, 9.17) is 22.1 Å². The predicted molar refractivity (Wildman–Crippen MR) is 82.9 cm³/mol. The first kappa shape index (κ1) is 17.1. The number of hydrogen-bond donors (Lipinski definition) is 2. The lowest BCUT2D eigenvalue weighted by atomic mass is 10.0. The van der Waals surface area contributed by atoms with Crippen LogP contribution in [0.15, 0.2) is 18.2 Å². The van der Waals surface area contributed by atoms with Gasteiger partial charge in [0.25, 0.3) is 5.91 Å². The highest BCUT2D eigenvalue weighted by molar-refractivity contribution is 6.30. The Hall–Kier alpha value is -0.970. The lowest BCUT2D eigenvalue weighted by Crippen LogP contribution is -2.39. The molecule has 0 saturated heterocycles. The average molecular weight is 319 g/mol. The van der Waals surface area contributed by atoms with Crippen LogP contribution in [0.5, 0.6) is 5.75 Å². The van der Waals surface area contributed by atoms with E-state index in [9.17, 15) is 4.79 Å². The van der Waals surface area contributed by atoms with E-state index in [1.165, 1.54) is 7.11 Å². The van der Waals surface area contributed by atoms with Gasteiger partial charge < -0.3 is 15.8 Å². The molecule has 112 valence electrons. The van der Waals surface area contributed by atoms with Crippen molar-refractivity contribution in [2.75, 3.05) is 13.7 Å². The zero-order chi connectivity index (χ0) is 13.8. The topological polar surface area (TPSA) is 64.3 Å². The number of ether oxygens (including phenoxy) is 1. The summed E-state index contributed by atoms with van der Waals surface area (Å²) >= 11 is 5.89. The number of carbonyl (C=O) groups excluding carboxylic acids is 1. The molecule has 0 heterocycles. The maximum absolute atomic E-state index is 12.3. The lowest BCUT2D eigenvalue weighted by Gasteiger charge is -2.20. The minimum absolute atomic E-state index is 0. The number of nitrogens with two attached hydrogens (primary N) is 1. The largest absolute Gasteiger partial charge is 0.496 e. The van der Waals surface area contributed by atoms with E-state index in [0.717, 1.165) is 19.3 Å². The molecule has 1 aromatic carbocycles. The molecule has 3 N–H and O–H groups in total. The molecule has 1 aliphatic carbocycles. The number of amides is 1. The molecule has 1 aliphatic rings. The van der Waals surface area contributed by atoms with Gasteiger partial charge in [0.2, 0.25) is 0 Å². The summed E-state index contributed by atoms with van der Waals surface area (Å²) in [6, 6.07) is 5.18. The summed E-state index contributed by atoms with van der Waals surface area (Å²) in [6.45, 7) is 0.614. The Morgan fingerprint density at radius 1 is 1.50 bits per heavy atom. The minimum atomic E-state index is -0.126. The Morgan fingerprint density at radius 2 is 2.25 bits per heavy atom. The summed E-state index contributed by atoms with van der Waals surface area (Å²) in [6.07, 6.45) is 3.19. The molecule has 0 bridgehead atoms. The summed E-state index contributed by atoms with van der Waals surface area (Å²) in [5, 5.41) is 3.60. The molecular formula is C14H20Cl2N2O2. The van der Waals surface area contributed by atoms with Crippen LogP contribution in [0.2, 0.25) is 5.02 Å². The van der Waals surface area contributed by atoms with Crippen LogP contribution in [-0.4, -0.2) is 25.6 Å². The van der Waals surface area contributed by atoms with Crippen LogP contribution in [0.25, 0.3) is 0 Å². The number of halogens is 2. The number of carbonyl (C=O) groups is 1. The van der Waals surface area contributed by atoms with E-state index < -0.39 is 0 Å². The Bertz CT molecular complexity index is 468. The molecule has 0 aliphatic heterocycles. The highest BCUT2D eigenvalue weighted by Gasteiger charge is 2.28. The van der Waals surface area contributed by atoms with Gasteiger partial charge in [0.15, 0.2) is 0 Å². The van der Waals surface area contributed by atoms with Crippen LogP contribution in [-0.2, 0) is 0 Å². The highest BCUT2D eigenvalue weighted by Crippen LogP contribution is 2.27. The first-order valence-electron chi connectivity index (χ1n) is 6.50. The van der Waals surface area contributed by atoms with Crippen LogP contribution in [0.1, 0.15) is 29.6 Å². The lowest BCUT2D eigenvalue weighted by molar-refractivity contribution is 0.0925. The number of rotatable bonds is 4. The molecule has 1 amide bonds. The standard InChI is InChI=1S/C14H19ClN2O2.ClH/c1-19-13-7-10(15)5-6-11(13)14(18)17-12-4-2-3-9(12)8-16;/h5-7,9,12H,2-4,8,16H2,1H3,(H,17,18);1H. The molecule has 2 rings (SSSR count). The van der Waals surface area contributed by atoms with E-state index in [1.807, 2.05) is 0 Å². The number of benzene rings is 1. The van der Waals surface area contributed by atoms with Gasteiger partial charge in [-0.2, -0.15) is 0 Å². The van der Waals surface area contributed by atoms with E-state index in [2.05, 4.69) is 5.32 Å². The molecule has 1 fully saturated rings. The Labute approximate surface area is 130 Å². The third kappa shape index (κ3) is 3.78. The van der Waals surface area contributed by atoms with Crippen molar-refractivity contribution in [2.45, 2.75) is 25.3 Å². The Kier molecular flexibility index (Phi) is 6.59. The number of nitrogens with one attached hydrogen (secondary N) is 1. The SMILES string of the molecule is COc1cc(Cl)ccc1C(=O)NC1CCCC1CN.Cl. The monoisotopic (exact) mass is 318 g/mol. The fourth-order valence-electron chi connectivity index (χ4n) is 2.61. The second-order valence-corrected chi connectivity index (χ2v) is 5.29. The van der Waals surface area contributed by atoms with Crippen molar-refractivity contribution in [2.24, 2.45) is 11.7 Å². The van der Waals surface area contributed by atoms with Gasteiger partial charge in [0.05, 0.1) is 12.7 Å². The summed E-state index contributed by atoms with van der Waals surface area (Å²) in [5.74, 6) is 0.744. The van der Waals surface area contributed by atoms with Gasteiger partial charge in [-0.25, -0.2) is 0 Å². The van der Waals surface area contributed by atoms with Crippen LogP contribution >= 0.6 is 24.0 Å². The van der Waals surface area contributed by atoms with Crippen molar-refractivity contribution in [3.05, 3.63) is 28.8 Å². The molecule has 0 radical (unpaired) electrons. The molecule has 2 atom stereocenters. The van der Waals surface area contributed by atoms with Crippen molar-refractivity contribution in [3.8, 4) is 5.75 Å². The molecule has 6 heteroatoms. The minimum Gasteiger partial charge on any atom is -0.496 e. The predicted octanol–water partition coefficient (Wildman–Crippen LogP) is 2.63. The molecular weight excluding hydrogens is 299 g/mol. The summed E-state index contributed by atoms with van der Waals surface area (Å²) in [4.78, 5) is 12.3. The van der Waals surface area contributed by atoms with E-state index in [0.29, 0.717) is 28.8 Å². The quantitative estimate of drug-likeness (QED) is 0.897. The molecule has 1 saturated carbocycles. The van der Waals surface area contributed by atoms with Crippen LogP contribution in [0.4, 0.5) is 0 Å². The van der Waals surface area contributed by atoms with E-state index >= 15 is 0 Å². The van der Waals surface area contributed by atoms with Gasteiger partial charge in [-0.1, -0.05) is 18.0 Å². The summed E-state index contributed by atoms with van der Waals surface area (Å²) < 4.78 is 5.19. The molecule has 0 aromatic heterocycles. The molecule has 20 heavy (non-hydrogen) atoms. The molecule has 4 nitrogen and oxygen atoms in total. The first-order valence-corrected chi connectivity index (χ1v) is 6.88. The normalized spacial score (nSPS) is 21.1. The molecule has 0 spiro atoms. The van der Waals surface area contributed by atoms with Gasteiger partial charge in [-0.3, -0.25) is 4.79 Å². The van der Waals surface area contributed by atoms with E-state index in [-0.39, 0.29) is 24.4 Å². The van der Waals surface area contributed by atoms with Gasteiger partial charge in [-0.05, 0) is 43.5 Å². The molecule has 1 aromatic rings. The summed E-state index contributed by atoms with van der Waals surface area (Å²) in [5.41, 5.74) is 6.23. The Balaban J connectivity index is 0.00000200. The van der Waals surface area contributed by atoms with Gasteiger partial charge in [0, 0.05) is 11.1 Å².